The van der Waals surface area contributed by atoms with Crippen LogP contribution in [0, 0.1) is 4.77 Å². The Morgan fingerprint density at radius 3 is 2.81 bits per heavy atom. The van der Waals surface area contributed by atoms with E-state index in [0.717, 1.165) is 53.3 Å². The van der Waals surface area contributed by atoms with Crippen LogP contribution in [0.15, 0.2) is 17.4 Å². The predicted molar refractivity (Wildman–Crippen MR) is 120 cm³/mol. The van der Waals surface area contributed by atoms with Crippen molar-refractivity contribution in [2.75, 3.05) is 6.61 Å². The van der Waals surface area contributed by atoms with Crippen LogP contribution in [0.2, 0.25) is 0 Å². The van der Waals surface area contributed by atoms with Gasteiger partial charge in [0, 0.05) is 25.9 Å². The summed E-state index contributed by atoms with van der Waals surface area (Å²) < 4.78 is 12.8. The zero-order valence-electron chi connectivity index (χ0n) is 17.7. The Balaban J connectivity index is 1.39. The molecular weight excluding hydrogens is 432 g/mol. The zero-order valence-corrected chi connectivity index (χ0v) is 19.4. The van der Waals surface area contributed by atoms with Crippen LogP contribution in [0.3, 0.4) is 0 Å². The van der Waals surface area contributed by atoms with E-state index < -0.39 is 0 Å². The molecule has 3 aromatic rings. The maximum atomic E-state index is 5.90. The van der Waals surface area contributed by atoms with Gasteiger partial charge in [-0.3, -0.25) is 14.3 Å². The van der Waals surface area contributed by atoms with Crippen LogP contribution in [-0.4, -0.2) is 52.0 Å². The highest BCUT2D eigenvalue weighted by Crippen LogP contribution is 2.32. The molecule has 1 N–H and O–H groups in total. The molecule has 9 nitrogen and oxygen atoms in total. The van der Waals surface area contributed by atoms with Crippen molar-refractivity contribution in [1.82, 2.24) is 39.3 Å². The van der Waals surface area contributed by atoms with Gasteiger partial charge in [0.05, 0.1) is 18.4 Å². The van der Waals surface area contributed by atoms with Gasteiger partial charge in [0.1, 0.15) is 11.5 Å². The van der Waals surface area contributed by atoms with E-state index in [1.807, 2.05) is 19.3 Å². The van der Waals surface area contributed by atoms with Crippen molar-refractivity contribution in [2.45, 2.75) is 74.5 Å². The van der Waals surface area contributed by atoms with Crippen LogP contribution in [0.25, 0.3) is 11.5 Å². The second-order valence-electron chi connectivity index (χ2n) is 8.32. The first-order chi connectivity index (χ1) is 15.2. The van der Waals surface area contributed by atoms with Gasteiger partial charge >= 0.3 is 0 Å². The summed E-state index contributed by atoms with van der Waals surface area (Å²) in [4.78, 5) is 0. The lowest BCUT2D eigenvalue weighted by Crippen LogP contribution is -2.17. The number of ether oxygens (including phenoxy) is 1. The molecule has 166 valence electrons. The second kappa shape index (κ2) is 9.25. The van der Waals surface area contributed by atoms with Crippen molar-refractivity contribution in [2.24, 2.45) is 7.05 Å². The van der Waals surface area contributed by atoms with Crippen LogP contribution >= 0.6 is 24.0 Å². The Morgan fingerprint density at radius 1 is 1.19 bits per heavy atom. The molecule has 1 atom stereocenters. The molecular formula is C20H28N8OS2. The molecule has 1 aliphatic carbocycles. The van der Waals surface area contributed by atoms with E-state index in [1.165, 1.54) is 32.1 Å². The Bertz CT molecular complexity index is 1070. The van der Waals surface area contributed by atoms with E-state index in [2.05, 4.69) is 34.6 Å². The largest absolute Gasteiger partial charge is 0.376 e. The highest BCUT2D eigenvalue weighted by Gasteiger charge is 2.24. The standard InChI is InChI=1S/C20H28N8OS2/c1-26-10-9-16(25-26)18-22-24-20(27(18)12-15-8-5-11-29-15)31-13-17-21-23-19(30)28(17)14-6-3-2-4-7-14/h9-10,14-15H,2-8,11-13H2,1H3,(H,23,30)/t15-/m0/s1. The molecule has 31 heavy (non-hydrogen) atoms. The molecule has 3 aromatic heterocycles. The van der Waals surface area contributed by atoms with Crippen molar-refractivity contribution < 1.29 is 4.74 Å². The average Bonchev–Trinajstić information content (AvgIpc) is 3.56. The minimum absolute atomic E-state index is 0.189. The van der Waals surface area contributed by atoms with E-state index in [-0.39, 0.29) is 6.10 Å². The van der Waals surface area contributed by atoms with Gasteiger partial charge in [-0.2, -0.15) is 10.2 Å². The lowest BCUT2D eigenvalue weighted by molar-refractivity contribution is 0.0953. The molecule has 2 fully saturated rings. The number of thioether (sulfide) groups is 1. The SMILES string of the molecule is Cn1ccc(-c2nnc(SCc3n[nH]c(=S)n3C3CCCCC3)n2C[C@@H]2CCCO2)n1. The van der Waals surface area contributed by atoms with Crippen LogP contribution in [0.1, 0.15) is 56.8 Å². The van der Waals surface area contributed by atoms with E-state index in [1.54, 1.807) is 16.4 Å². The fraction of sp³-hybridized carbons (Fsp3) is 0.650. The number of aromatic nitrogens is 8. The molecule has 4 heterocycles. The zero-order chi connectivity index (χ0) is 21.2. The minimum Gasteiger partial charge on any atom is -0.376 e. The number of nitrogens with one attached hydrogen (secondary N) is 1. The normalized spacial score (nSPS) is 20.0. The maximum absolute atomic E-state index is 5.90. The van der Waals surface area contributed by atoms with Gasteiger partial charge in [-0.1, -0.05) is 31.0 Å². The summed E-state index contributed by atoms with van der Waals surface area (Å²) in [5.74, 6) is 2.45. The van der Waals surface area contributed by atoms with Crippen molar-refractivity contribution >= 4 is 24.0 Å². The number of aryl methyl sites for hydroxylation is 1. The topological polar surface area (TPSA) is 91.4 Å². The number of nitrogens with zero attached hydrogens (tertiary/aromatic N) is 7. The van der Waals surface area contributed by atoms with E-state index >= 15 is 0 Å². The van der Waals surface area contributed by atoms with E-state index in [0.29, 0.717) is 11.8 Å². The fourth-order valence-corrected chi connectivity index (χ4v) is 5.74. The fourth-order valence-electron chi connectivity index (χ4n) is 4.56. The molecule has 1 saturated heterocycles. The first kappa shape index (κ1) is 20.9. The van der Waals surface area contributed by atoms with Gasteiger partial charge in [-0.15, -0.1) is 10.2 Å². The third-order valence-electron chi connectivity index (χ3n) is 6.12. The van der Waals surface area contributed by atoms with Crippen LogP contribution in [0.5, 0.6) is 0 Å². The summed E-state index contributed by atoms with van der Waals surface area (Å²) in [5.41, 5.74) is 0.824. The molecule has 0 amide bonds. The van der Waals surface area contributed by atoms with Gasteiger partial charge < -0.3 is 9.30 Å². The Morgan fingerprint density at radius 2 is 2.06 bits per heavy atom. The number of aromatic amines is 1. The number of hydrogen-bond acceptors (Lipinski definition) is 7. The van der Waals surface area contributed by atoms with Crippen molar-refractivity contribution in [3.63, 3.8) is 0 Å². The van der Waals surface area contributed by atoms with Crippen LogP contribution in [-0.2, 0) is 24.1 Å². The first-order valence-electron chi connectivity index (χ1n) is 11.0. The smallest absolute Gasteiger partial charge is 0.195 e. The minimum atomic E-state index is 0.189. The summed E-state index contributed by atoms with van der Waals surface area (Å²) in [7, 11) is 1.91. The number of rotatable bonds is 7. The highest BCUT2D eigenvalue weighted by molar-refractivity contribution is 7.98. The molecule has 11 heteroatoms. The quantitative estimate of drug-likeness (QED) is 0.422. The van der Waals surface area contributed by atoms with Crippen molar-refractivity contribution in [3.05, 3.63) is 22.9 Å². The molecule has 1 saturated carbocycles. The first-order valence-corrected chi connectivity index (χ1v) is 12.4. The van der Waals surface area contributed by atoms with Crippen molar-refractivity contribution in [1.29, 1.82) is 0 Å². The van der Waals surface area contributed by atoms with E-state index in [9.17, 15) is 0 Å². The van der Waals surface area contributed by atoms with Crippen LogP contribution < -0.4 is 0 Å². The molecule has 5 rings (SSSR count). The van der Waals surface area contributed by atoms with Crippen molar-refractivity contribution in [3.8, 4) is 11.5 Å². The molecule has 0 spiro atoms. The Labute approximate surface area is 190 Å². The molecule has 0 radical (unpaired) electrons. The highest BCUT2D eigenvalue weighted by atomic mass is 32.2. The lowest BCUT2D eigenvalue weighted by atomic mass is 9.95. The van der Waals surface area contributed by atoms with Gasteiger partial charge in [-0.25, -0.2) is 0 Å². The molecule has 0 unspecified atom stereocenters. The number of hydrogen-bond donors (Lipinski definition) is 1. The molecule has 1 aliphatic heterocycles. The molecule has 0 aromatic carbocycles. The number of H-pyrrole nitrogens is 1. The molecule has 2 aliphatic rings. The average molecular weight is 461 g/mol. The summed E-state index contributed by atoms with van der Waals surface area (Å²) in [6.07, 6.45) is 10.4. The van der Waals surface area contributed by atoms with Crippen LogP contribution in [0.4, 0.5) is 0 Å². The Hall–Kier alpha value is -1.98. The summed E-state index contributed by atoms with van der Waals surface area (Å²) in [6, 6.07) is 2.42. The third kappa shape index (κ3) is 4.49. The van der Waals surface area contributed by atoms with Gasteiger partial charge in [-0.05, 0) is 44.0 Å². The monoisotopic (exact) mass is 460 g/mol. The van der Waals surface area contributed by atoms with Gasteiger partial charge in [0.2, 0.25) is 0 Å². The second-order valence-corrected chi connectivity index (χ2v) is 9.65. The lowest BCUT2D eigenvalue weighted by Gasteiger charge is -2.24. The maximum Gasteiger partial charge on any atom is 0.195 e. The van der Waals surface area contributed by atoms with Gasteiger partial charge in [0.15, 0.2) is 15.8 Å². The summed E-state index contributed by atoms with van der Waals surface area (Å²) >= 11 is 7.20. The van der Waals surface area contributed by atoms with E-state index in [4.69, 9.17) is 17.0 Å². The summed E-state index contributed by atoms with van der Waals surface area (Å²) in [6.45, 7) is 1.56. The predicted octanol–water partition coefficient (Wildman–Crippen LogP) is 3.91. The summed E-state index contributed by atoms with van der Waals surface area (Å²) in [5, 5.41) is 21.9. The Kier molecular flexibility index (Phi) is 6.24. The van der Waals surface area contributed by atoms with Gasteiger partial charge in [0.25, 0.3) is 0 Å². The third-order valence-corrected chi connectivity index (χ3v) is 7.37. The molecule has 0 bridgehead atoms.